The summed E-state index contributed by atoms with van der Waals surface area (Å²) in [5.41, 5.74) is -0.775. The predicted octanol–water partition coefficient (Wildman–Crippen LogP) is 1.33. The van der Waals surface area contributed by atoms with E-state index in [-0.39, 0.29) is 42.4 Å². The molecule has 2 fully saturated rings. The SMILES string of the molecule is CC(=O)c1cccc(S(=O)(=O)N2CCN(C(=O)CN3C(=O)N[C@](C)(c4ccc(F)cc4)C3=O)CC2)c1. The van der Waals surface area contributed by atoms with Gasteiger partial charge in [0.25, 0.3) is 5.91 Å². The van der Waals surface area contributed by atoms with E-state index in [2.05, 4.69) is 5.32 Å². The van der Waals surface area contributed by atoms with Crippen LogP contribution >= 0.6 is 0 Å². The van der Waals surface area contributed by atoms with Gasteiger partial charge in [-0.1, -0.05) is 24.3 Å². The number of halogens is 1. The van der Waals surface area contributed by atoms with Crippen LogP contribution in [0.3, 0.4) is 0 Å². The van der Waals surface area contributed by atoms with Crippen LogP contribution < -0.4 is 5.32 Å². The molecule has 0 bridgehead atoms. The molecule has 0 radical (unpaired) electrons. The molecule has 36 heavy (non-hydrogen) atoms. The summed E-state index contributed by atoms with van der Waals surface area (Å²) in [6.07, 6.45) is 0. The van der Waals surface area contributed by atoms with E-state index in [0.29, 0.717) is 5.56 Å². The van der Waals surface area contributed by atoms with Gasteiger partial charge in [-0.2, -0.15) is 4.31 Å². The number of nitrogens with zero attached hydrogens (tertiary/aromatic N) is 3. The van der Waals surface area contributed by atoms with E-state index in [0.717, 1.165) is 4.90 Å². The van der Waals surface area contributed by atoms with Gasteiger partial charge < -0.3 is 10.2 Å². The number of ketones is 1. The number of urea groups is 1. The molecule has 2 aliphatic heterocycles. The van der Waals surface area contributed by atoms with Crippen molar-refractivity contribution in [1.82, 2.24) is 19.4 Å². The van der Waals surface area contributed by atoms with E-state index in [1.807, 2.05) is 0 Å². The fourth-order valence-electron chi connectivity index (χ4n) is 4.26. The molecule has 0 unspecified atom stereocenters. The molecule has 2 heterocycles. The maximum Gasteiger partial charge on any atom is 0.325 e. The van der Waals surface area contributed by atoms with Gasteiger partial charge in [0.15, 0.2) is 5.78 Å². The molecule has 2 aromatic rings. The van der Waals surface area contributed by atoms with Gasteiger partial charge in [0, 0.05) is 31.7 Å². The van der Waals surface area contributed by atoms with E-state index in [1.54, 1.807) is 0 Å². The van der Waals surface area contributed by atoms with Gasteiger partial charge >= 0.3 is 6.03 Å². The third-order valence-corrected chi connectivity index (χ3v) is 8.35. The van der Waals surface area contributed by atoms with Crippen molar-refractivity contribution >= 4 is 33.7 Å². The first-order chi connectivity index (χ1) is 16.9. The monoisotopic (exact) mass is 516 g/mol. The number of benzene rings is 2. The van der Waals surface area contributed by atoms with Crippen LogP contribution in [0.5, 0.6) is 0 Å². The van der Waals surface area contributed by atoms with Crippen molar-refractivity contribution in [3.63, 3.8) is 0 Å². The lowest BCUT2D eigenvalue weighted by atomic mass is 9.92. The fraction of sp³-hybridized carbons (Fsp3) is 0.333. The standard InChI is InChI=1S/C24H25FN4O6S/c1-16(30)17-4-3-5-20(14-17)36(34,35)28-12-10-27(11-13-28)21(31)15-29-22(32)24(2,26-23(29)33)18-6-8-19(25)9-7-18/h3-9,14H,10-13,15H2,1-2H3,(H,26,33)/t24-/m1/s1. The second kappa shape index (κ2) is 9.43. The number of imide groups is 1. The highest BCUT2D eigenvalue weighted by molar-refractivity contribution is 7.89. The first-order valence-electron chi connectivity index (χ1n) is 11.2. The van der Waals surface area contributed by atoms with Crippen LogP contribution in [0.15, 0.2) is 53.4 Å². The topological polar surface area (TPSA) is 124 Å². The number of carbonyl (C=O) groups is 4. The van der Waals surface area contributed by atoms with Gasteiger partial charge in [0.05, 0.1) is 4.90 Å². The van der Waals surface area contributed by atoms with E-state index in [1.165, 1.54) is 71.6 Å². The molecule has 1 N–H and O–H groups in total. The normalized spacial score (nSPS) is 21.0. The van der Waals surface area contributed by atoms with Gasteiger partial charge in [0.2, 0.25) is 15.9 Å². The molecule has 2 saturated heterocycles. The number of rotatable bonds is 6. The maximum absolute atomic E-state index is 13.3. The van der Waals surface area contributed by atoms with Crippen molar-refractivity contribution in [3.8, 4) is 0 Å². The molecule has 0 spiro atoms. The Morgan fingerprint density at radius 3 is 2.28 bits per heavy atom. The maximum atomic E-state index is 13.3. The second-order valence-electron chi connectivity index (χ2n) is 8.82. The number of sulfonamides is 1. The van der Waals surface area contributed by atoms with E-state index >= 15 is 0 Å². The number of hydrogen-bond donors (Lipinski definition) is 1. The molecule has 4 rings (SSSR count). The molecule has 2 aliphatic rings. The van der Waals surface area contributed by atoms with Crippen LogP contribution in [-0.2, 0) is 25.2 Å². The number of amides is 4. The molecular weight excluding hydrogens is 491 g/mol. The number of nitrogens with one attached hydrogen (secondary N) is 1. The van der Waals surface area contributed by atoms with Gasteiger partial charge in [-0.3, -0.25) is 19.3 Å². The first-order valence-corrected chi connectivity index (χ1v) is 12.7. The van der Waals surface area contributed by atoms with Gasteiger partial charge in [0.1, 0.15) is 17.9 Å². The van der Waals surface area contributed by atoms with Crippen LogP contribution in [0.4, 0.5) is 9.18 Å². The third-order valence-electron chi connectivity index (χ3n) is 6.46. The van der Waals surface area contributed by atoms with Gasteiger partial charge in [-0.25, -0.2) is 17.6 Å². The van der Waals surface area contributed by atoms with Crippen LogP contribution in [0, 0.1) is 5.82 Å². The minimum atomic E-state index is -3.87. The van der Waals surface area contributed by atoms with E-state index in [4.69, 9.17) is 0 Å². The van der Waals surface area contributed by atoms with Crippen LogP contribution in [0.2, 0.25) is 0 Å². The molecular formula is C24H25FN4O6S. The van der Waals surface area contributed by atoms with Gasteiger partial charge in [-0.15, -0.1) is 0 Å². The van der Waals surface area contributed by atoms with Crippen LogP contribution in [-0.4, -0.2) is 78.9 Å². The largest absolute Gasteiger partial charge is 0.338 e. The summed E-state index contributed by atoms with van der Waals surface area (Å²) >= 11 is 0. The highest BCUT2D eigenvalue weighted by Crippen LogP contribution is 2.29. The summed E-state index contributed by atoms with van der Waals surface area (Å²) in [6.45, 7) is 2.51. The molecule has 0 aromatic heterocycles. The molecule has 0 saturated carbocycles. The first kappa shape index (κ1) is 25.5. The van der Waals surface area contributed by atoms with Crippen molar-refractivity contribution in [3.05, 3.63) is 65.5 Å². The Morgan fingerprint density at radius 1 is 1.03 bits per heavy atom. The molecule has 12 heteroatoms. The van der Waals surface area contributed by atoms with Crippen LogP contribution in [0.1, 0.15) is 29.8 Å². The quantitative estimate of drug-likeness (QED) is 0.456. The van der Waals surface area contributed by atoms with Crippen molar-refractivity contribution in [2.75, 3.05) is 32.7 Å². The Kier molecular flexibility index (Phi) is 6.67. The number of piperazine rings is 1. The summed E-state index contributed by atoms with van der Waals surface area (Å²) in [4.78, 5) is 52.2. The zero-order chi connectivity index (χ0) is 26.3. The van der Waals surface area contributed by atoms with Crippen molar-refractivity contribution in [2.24, 2.45) is 0 Å². The predicted molar refractivity (Wildman–Crippen MR) is 126 cm³/mol. The number of hydrogen-bond acceptors (Lipinski definition) is 6. The minimum Gasteiger partial charge on any atom is -0.338 e. The molecule has 0 aliphatic carbocycles. The highest BCUT2D eigenvalue weighted by atomic mass is 32.2. The Morgan fingerprint density at radius 2 is 1.67 bits per heavy atom. The lowest BCUT2D eigenvalue weighted by Crippen LogP contribution is -2.53. The lowest BCUT2D eigenvalue weighted by molar-refractivity contribution is -0.139. The average molecular weight is 517 g/mol. The molecule has 1 atom stereocenters. The Labute approximate surface area is 207 Å². The zero-order valence-electron chi connectivity index (χ0n) is 19.7. The summed E-state index contributed by atoms with van der Waals surface area (Å²) in [6, 6.07) is 10.2. The van der Waals surface area contributed by atoms with Crippen molar-refractivity contribution < 1.29 is 32.0 Å². The van der Waals surface area contributed by atoms with Crippen molar-refractivity contribution in [2.45, 2.75) is 24.3 Å². The molecule has 4 amide bonds. The Hall–Kier alpha value is -3.64. The average Bonchev–Trinajstić information content (AvgIpc) is 3.08. The third kappa shape index (κ3) is 4.61. The summed E-state index contributed by atoms with van der Waals surface area (Å²) in [5.74, 6) is -1.88. The summed E-state index contributed by atoms with van der Waals surface area (Å²) < 4.78 is 40.5. The number of Topliss-reactive ketones (excluding diaryl/α,β-unsaturated/α-hetero) is 1. The Bertz CT molecular complexity index is 1340. The smallest absolute Gasteiger partial charge is 0.325 e. The molecule has 190 valence electrons. The van der Waals surface area contributed by atoms with Crippen LogP contribution in [0.25, 0.3) is 0 Å². The van der Waals surface area contributed by atoms with E-state index in [9.17, 15) is 32.0 Å². The van der Waals surface area contributed by atoms with Gasteiger partial charge in [-0.05, 0) is 43.7 Å². The summed E-state index contributed by atoms with van der Waals surface area (Å²) in [5, 5.41) is 2.56. The summed E-state index contributed by atoms with van der Waals surface area (Å²) in [7, 11) is -3.87. The van der Waals surface area contributed by atoms with E-state index < -0.39 is 45.8 Å². The van der Waals surface area contributed by atoms with Crippen molar-refractivity contribution in [1.29, 1.82) is 0 Å². The molecule has 10 nitrogen and oxygen atoms in total. The fourth-order valence-corrected chi connectivity index (χ4v) is 5.73. The molecule has 2 aromatic carbocycles. The zero-order valence-corrected chi connectivity index (χ0v) is 20.5. The minimum absolute atomic E-state index is 0.00519. The number of carbonyl (C=O) groups excluding carboxylic acids is 4. The lowest BCUT2D eigenvalue weighted by Gasteiger charge is -2.34. The Balaban J connectivity index is 1.40. The second-order valence-corrected chi connectivity index (χ2v) is 10.8. The highest BCUT2D eigenvalue weighted by Gasteiger charge is 2.49.